The molecule has 0 unspecified atom stereocenters. The van der Waals surface area contributed by atoms with Crippen LogP contribution in [0.1, 0.15) is 24.7 Å². The predicted octanol–water partition coefficient (Wildman–Crippen LogP) is 2.69. The van der Waals surface area contributed by atoms with Crippen LogP contribution < -0.4 is 5.32 Å². The minimum atomic E-state index is 0. The Morgan fingerprint density at radius 3 is 2.71 bits per heavy atom. The number of hydrogen-bond acceptors (Lipinski definition) is 2. The van der Waals surface area contributed by atoms with Crippen LogP contribution in [0.15, 0.2) is 24.3 Å². The number of para-hydroxylation sites is 2. The van der Waals surface area contributed by atoms with Gasteiger partial charge in [-0.05, 0) is 45.0 Å². The number of piperidine rings is 1. The maximum atomic E-state index is 4.63. The molecule has 92 valence electrons. The SMILES string of the molecule is Cc1nc2ccccc2n1C1CCNCC1.Cl. The van der Waals surface area contributed by atoms with Gasteiger partial charge in [0.1, 0.15) is 5.82 Å². The van der Waals surface area contributed by atoms with Gasteiger partial charge in [0.25, 0.3) is 0 Å². The molecule has 0 spiro atoms. The van der Waals surface area contributed by atoms with E-state index in [0.717, 1.165) is 24.4 Å². The smallest absolute Gasteiger partial charge is 0.106 e. The standard InChI is InChI=1S/C13H17N3.ClH/c1-10-15-12-4-2-3-5-13(12)16(10)11-6-8-14-9-7-11;/h2-5,11,14H,6-9H2,1H3;1H. The summed E-state index contributed by atoms with van der Waals surface area (Å²) in [6.07, 6.45) is 2.42. The summed E-state index contributed by atoms with van der Waals surface area (Å²) in [6.45, 7) is 4.36. The van der Waals surface area contributed by atoms with Crippen LogP contribution in [0.2, 0.25) is 0 Å². The first-order chi connectivity index (χ1) is 7.86. The fraction of sp³-hybridized carbons (Fsp3) is 0.462. The lowest BCUT2D eigenvalue weighted by atomic mass is 10.1. The van der Waals surface area contributed by atoms with Crippen molar-refractivity contribution in [2.75, 3.05) is 13.1 Å². The van der Waals surface area contributed by atoms with Crippen molar-refractivity contribution in [3.8, 4) is 0 Å². The van der Waals surface area contributed by atoms with Gasteiger partial charge in [-0.1, -0.05) is 12.1 Å². The Kier molecular flexibility index (Phi) is 3.69. The molecule has 1 fully saturated rings. The summed E-state index contributed by atoms with van der Waals surface area (Å²) in [6, 6.07) is 9.05. The first-order valence-corrected chi connectivity index (χ1v) is 6.00. The van der Waals surface area contributed by atoms with Gasteiger partial charge in [0.15, 0.2) is 0 Å². The summed E-state index contributed by atoms with van der Waals surface area (Å²) >= 11 is 0. The van der Waals surface area contributed by atoms with Gasteiger partial charge in [-0.15, -0.1) is 12.4 Å². The molecule has 1 aromatic carbocycles. The van der Waals surface area contributed by atoms with Gasteiger partial charge < -0.3 is 9.88 Å². The van der Waals surface area contributed by atoms with Gasteiger partial charge in [-0.3, -0.25) is 0 Å². The second kappa shape index (κ2) is 5.07. The zero-order valence-electron chi connectivity index (χ0n) is 10.0. The van der Waals surface area contributed by atoms with Gasteiger partial charge in [0, 0.05) is 6.04 Å². The summed E-state index contributed by atoms with van der Waals surface area (Å²) in [4.78, 5) is 4.63. The van der Waals surface area contributed by atoms with E-state index in [1.165, 1.54) is 18.4 Å². The number of benzene rings is 1. The zero-order valence-corrected chi connectivity index (χ0v) is 10.8. The number of nitrogens with zero attached hydrogens (tertiary/aromatic N) is 2. The van der Waals surface area contributed by atoms with E-state index in [0.29, 0.717) is 6.04 Å². The van der Waals surface area contributed by atoms with Crippen LogP contribution in [0.5, 0.6) is 0 Å². The second-order valence-corrected chi connectivity index (χ2v) is 4.50. The van der Waals surface area contributed by atoms with Crippen LogP contribution in [-0.2, 0) is 0 Å². The lowest BCUT2D eigenvalue weighted by Crippen LogP contribution is -2.29. The highest BCUT2D eigenvalue weighted by atomic mass is 35.5. The monoisotopic (exact) mass is 251 g/mol. The van der Waals surface area contributed by atoms with Gasteiger partial charge in [0.05, 0.1) is 11.0 Å². The molecular formula is C13H18ClN3. The second-order valence-electron chi connectivity index (χ2n) is 4.50. The van der Waals surface area contributed by atoms with Crippen molar-refractivity contribution in [1.82, 2.24) is 14.9 Å². The minimum Gasteiger partial charge on any atom is -0.325 e. The molecule has 4 heteroatoms. The third kappa shape index (κ3) is 2.17. The fourth-order valence-electron chi connectivity index (χ4n) is 2.69. The number of nitrogens with one attached hydrogen (secondary N) is 1. The summed E-state index contributed by atoms with van der Waals surface area (Å²) in [5.74, 6) is 1.15. The summed E-state index contributed by atoms with van der Waals surface area (Å²) in [5, 5.41) is 3.41. The minimum absolute atomic E-state index is 0. The Bertz CT molecular complexity index is 500. The van der Waals surface area contributed by atoms with E-state index in [2.05, 4.69) is 46.1 Å². The number of aromatic nitrogens is 2. The Hall–Kier alpha value is -1.06. The van der Waals surface area contributed by atoms with E-state index in [4.69, 9.17) is 0 Å². The van der Waals surface area contributed by atoms with E-state index in [-0.39, 0.29) is 12.4 Å². The lowest BCUT2D eigenvalue weighted by molar-refractivity contribution is 0.370. The molecule has 2 aromatic rings. The van der Waals surface area contributed by atoms with Crippen LogP contribution in [0, 0.1) is 6.92 Å². The van der Waals surface area contributed by atoms with E-state index >= 15 is 0 Å². The topological polar surface area (TPSA) is 29.9 Å². The molecule has 17 heavy (non-hydrogen) atoms. The van der Waals surface area contributed by atoms with Gasteiger partial charge in [-0.25, -0.2) is 4.98 Å². The summed E-state index contributed by atoms with van der Waals surface area (Å²) in [5.41, 5.74) is 2.41. The Morgan fingerprint density at radius 2 is 1.94 bits per heavy atom. The fourth-order valence-corrected chi connectivity index (χ4v) is 2.69. The van der Waals surface area contributed by atoms with Gasteiger partial charge >= 0.3 is 0 Å². The van der Waals surface area contributed by atoms with E-state index in [1.807, 2.05) is 0 Å². The molecule has 1 aliphatic heterocycles. The number of imidazole rings is 1. The molecule has 0 radical (unpaired) electrons. The van der Waals surface area contributed by atoms with Crippen molar-refractivity contribution in [3.05, 3.63) is 30.1 Å². The summed E-state index contributed by atoms with van der Waals surface area (Å²) in [7, 11) is 0. The highest BCUT2D eigenvalue weighted by Crippen LogP contribution is 2.26. The third-order valence-electron chi connectivity index (χ3n) is 3.45. The van der Waals surface area contributed by atoms with Crippen molar-refractivity contribution in [3.63, 3.8) is 0 Å². The molecule has 1 saturated heterocycles. The molecule has 0 bridgehead atoms. The lowest BCUT2D eigenvalue weighted by Gasteiger charge is -2.25. The largest absolute Gasteiger partial charge is 0.325 e. The molecule has 3 rings (SSSR count). The van der Waals surface area contributed by atoms with Gasteiger partial charge in [0.2, 0.25) is 0 Å². The van der Waals surface area contributed by atoms with Gasteiger partial charge in [-0.2, -0.15) is 0 Å². The van der Waals surface area contributed by atoms with Crippen molar-refractivity contribution in [2.45, 2.75) is 25.8 Å². The van der Waals surface area contributed by atoms with E-state index < -0.39 is 0 Å². The average molecular weight is 252 g/mol. The molecule has 1 aromatic heterocycles. The maximum Gasteiger partial charge on any atom is 0.106 e. The third-order valence-corrected chi connectivity index (χ3v) is 3.45. The molecule has 1 aliphatic rings. The average Bonchev–Trinajstić information content (AvgIpc) is 2.66. The molecule has 0 saturated carbocycles. The number of fused-ring (bicyclic) bond motifs is 1. The van der Waals surface area contributed by atoms with E-state index in [9.17, 15) is 0 Å². The zero-order chi connectivity index (χ0) is 11.0. The van der Waals surface area contributed by atoms with Crippen molar-refractivity contribution < 1.29 is 0 Å². The van der Waals surface area contributed by atoms with Crippen LogP contribution in [-0.4, -0.2) is 22.6 Å². The normalized spacial score (nSPS) is 17.0. The molecule has 0 amide bonds. The number of aryl methyl sites for hydroxylation is 1. The van der Waals surface area contributed by atoms with Crippen molar-refractivity contribution in [2.24, 2.45) is 0 Å². The Morgan fingerprint density at radius 1 is 1.24 bits per heavy atom. The number of rotatable bonds is 1. The first-order valence-electron chi connectivity index (χ1n) is 6.00. The Balaban J connectivity index is 0.00000108. The maximum absolute atomic E-state index is 4.63. The van der Waals surface area contributed by atoms with Crippen molar-refractivity contribution >= 4 is 23.4 Å². The van der Waals surface area contributed by atoms with E-state index in [1.54, 1.807) is 0 Å². The number of halogens is 1. The highest BCUT2D eigenvalue weighted by Gasteiger charge is 2.18. The molecule has 2 heterocycles. The molecule has 0 atom stereocenters. The quantitative estimate of drug-likeness (QED) is 0.845. The Labute approximate surface area is 108 Å². The first kappa shape index (κ1) is 12.4. The van der Waals surface area contributed by atoms with Crippen molar-refractivity contribution in [1.29, 1.82) is 0 Å². The summed E-state index contributed by atoms with van der Waals surface area (Å²) < 4.78 is 2.41. The number of hydrogen-bond donors (Lipinski definition) is 1. The molecule has 0 aliphatic carbocycles. The molecule has 1 N–H and O–H groups in total. The highest BCUT2D eigenvalue weighted by molar-refractivity contribution is 5.85. The van der Waals surface area contributed by atoms with Crippen LogP contribution >= 0.6 is 12.4 Å². The van der Waals surface area contributed by atoms with Crippen LogP contribution in [0.25, 0.3) is 11.0 Å². The van der Waals surface area contributed by atoms with Crippen LogP contribution in [0.3, 0.4) is 0 Å². The molecule has 3 nitrogen and oxygen atoms in total. The predicted molar refractivity (Wildman–Crippen MR) is 72.9 cm³/mol. The molecular weight excluding hydrogens is 234 g/mol. The van der Waals surface area contributed by atoms with Crippen LogP contribution in [0.4, 0.5) is 0 Å².